The van der Waals surface area contributed by atoms with Crippen molar-refractivity contribution in [3.05, 3.63) is 87.6 Å². The fourth-order valence-corrected chi connectivity index (χ4v) is 4.18. The maximum absolute atomic E-state index is 13.2. The number of benzene rings is 3. The molecule has 0 aliphatic heterocycles. The van der Waals surface area contributed by atoms with Crippen LogP contribution < -0.4 is 5.56 Å². The summed E-state index contributed by atoms with van der Waals surface area (Å²) in [5.41, 5.74) is 1.74. The Morgan fingerprint density at radius 2 is 1.77 bits per heavy atom. The van der Waals surface area contributed by atoms with Crippen molar-refractivity contribution in [2.45, 2.75) is 4.90 Å². The maximum atomic E-state index is 13.2. The Morgan fingerprint density at radius 3 is 2.58 bits per heavy atom. The summed E-state index contributed by atoms with van der Waals surface area (Å²) in [4.78, 5) is 18.8. The molecule has 3 aromatic carbocycles. The Morgan fingerprint density at radius 1 is 0.968 bits per heavy atom. The van der Waals surface area contributed by atoms with E-state index in [9.17, 15) is 4.79 Å². The van der Waals surface area contributed by atoms with Crippen LogP contribution in [-0.2, 0) is 0 Å². The second-order valence-corrected chi connectivity index (χ2v) is 8.54. The monoisotopic (exact) mass is 490 g/mol. The summed E-state index contributed by atoms with van der Waals surface area (Å²) in [6.45, 7) is 0. The van der Waals surface area contributed by atoms with E-state index in [1.807, 2.05) is 73.0 Å². The van der Waals surface area contributed by atoms with Crippen molar-refractivity contribution in [2.75, 3.05) is 6.26 Å². The Bertz CT molecular complexity index is 1480. The number of thioether (sulfide) groups is 1. The SMILES string of the molecule is CSc1cccc(-n2nc(-c3nc(-c4cccc(Br)c4)no3)c3ccccc3c2=O)c1. The van der Waals surface area contributed by atoms with Crippen LogP contribution in [0.25, 0.3) is 39.4 Å². The fraction of sp³-hybridized carbons (Fsp3) is 0.0435. The van der Waals surface area contributed by atoms with Crippen molar-refractivity contribution in [2.24, 2.45) is 0 Å². The number of halogens is 1. The maximum Gasteiger partial charge on any atom is 0.279 e. The average molecular weight is 491 g/mol. The molecule has 0 saturated carbocycles. The minimum absolute atomic E-state index is 0.204. The summed E-state index contributed by atoms with van der Waals surface area (Å²) in [6.07, 6.45) is 1.99. The van der Waals surface area contributed by atoms with E-state index in [0.717, 1.165) is 14.9 Å². The molecule has 31 heavy (non-hydrogen) atoms. The van der Waals surface area contributed by atoms with Gasteiger partial charge in [-0.25, -0.2) is 0 Å². The van der Waals surface area contributed by atoms with Crippen LogP contribution >= 0.6 is 27.7 Å². The average Bonchev–Trinajstić information content (AvgIpc) is 3.30. The number of rotatable bonds is 4. The minimum atomic E-state index is -0.204. The zero-order chi connectivity index (χ0) is 21.4. The van der Waals surface area contributed by atoms with Gasteiger partial charge in [0.05, 0.1) is 11.1 Å². The van der Waals surface area contributed by atoms with Crippen LogP contribution in [-0.4, -0.2) is 26.2 Å². The largest absolute Gasteiger partial charge is 0.332 e. The minimum Gasteiger partial charge on any atom is -0.332 e. The molecular weight excluding hydrogens is 476 g/mol. The number of aromatic nitrogens is 4. The first-order chi connectivity index (χ1) is 15.1. The third kappa shape index (κ3) is 3.68. The third-order valence-corrected chi connectivity index (χ3v) is 6.03. The molecule has 0 N–H and O–H groups in total. The summed E-state index contributed by atoms with van der Waals surface area (Å²) >= 11 is 5.06. The van der Waals surface area contributed by atoms with Crippen molar-refractivity contribution in [1.82, 2.24) is 19.9 Å². The van der Waals surface area contributed by atoms with Gasteiger partial charge < -0.3 is 4.52 Å². The van der Waals surface area contributed by atoms with Gasteiger partial charge >= 0.3 is 0 Å². The topological polar surface area (TPSA) is 73.8 Å². The van der Waals surface area contributed by atoms with Crippen LogP contribution in [0.3, 0.4) is 0 Å². The Kier molecular flexibility index (Phi) is 5.17. The summed E-state index contributed by atoms with van der Waals surface area (Å²) in [7, 11) is 0. The van der Waals surface area contributed by atoms with Crippen LogP contribution in [0.5, 0.6) is 0 Å². The molecule has 0 saturated heterocycles. The number of hydrogen-bond acceptors (Lipinski definition) is 6. The Balaban J connectivity index is 1.72. The molecule has 8 heteroatoms. The number of fused-ring (bicyclic) bond motifs is 1. The van der Waals surface area contributed by atoms with Crippen molar-refractivity contribution in [3.63, 3.8) is 0 Å². The summed E-state index contributed by atoms with van der Waals surface area (Å²) in [6, 6.07) is 22.6. The predicted octanol–water partition coefficient (Wildman–Crippen LogP) is 5.59. The summed E-state index contributed by atoms with van der Waals surface area (Å²) in [5, 5.41) is 9.95. The van der Waals surface area contributed by atoms with Gasteiger partial charge in [-0.15, -0.1) is 11.8 Å². The summed E-state index contributed by atoms with van der Waals surface area (Å²) < 4.78 is 7.88. The zero-order valence-corrected chi connectivity index (χ0v) is 18.7. The molecule has 0 amide bonds. The van der Waals surface area contributed by atoms with Gasteiger partial charge in [0, 0.05) is 20.3 Å². The summed E-state index contributed by atoms with van der Waals surface area (Å²) in [5.74, 6) is 0.699. The highest BCUT2D eigenvalue weighted by molar-refractivity contribution is 9.10. The van der Waals surface area contributed by atoms with E-state index in [-0.39, 0.29) is 11.4 Å². The predicted molar refractivity (Wildman–Crippen MR) is 126 cm³/mol. The van der Waals surface area contributed by atoms with Crippen molar-refractivity contribution >= 4 is 38.5 Å². The highest BCUT2D eigenvalue weighted by Crippen LogP contribution is 2.28. The van der Waals surface area contributed by atoms with Crippen molar-refractivity contribution in [3.8, 4) is 28.7 Å². The van der Waals surface area contributed by atoms with Crippen LogP contribution in [0.2, 0.25) is 0 Å². The lowest BCUT2D eigenvalue weighted by Crippen LogP contribution is -2.22. The fourth-order valence-electron chi connectivity index (χ4n) is 3.33. The highest BCUT2D eigenvalue weighted by Gasteiger charge is 2.19. The third-order valence-electron chi connectivity index (χ3n) is 4.81. The Hall–Kier alpha value is -3.23. The van der Waals surface area contributed by atoms with Crippen LogP contribution in [0.15, 0.2) is 91.5 Å². The standard InChI is InChI=1S/C23H15BrN4O2S/c1-31-17-9-5-8-16(13-17)28-23(29)19-11-3-2-10-18(19)20(26-28)22-25-21(27-30-22)14-6-4-7-15(24)12-14/h2-13H,1H3. The quantitative estimate of drug-likeness (QED) is 0.306. The second-order valence-electron chi connectivity index (χ2n) is 6.75. The first-order valence-corrected chi connectivity index (χ1v) is 11.4. The second kappa shape index (κ2) is 8.13. The molecule has 6 nitrogen and oxygen atoms in total. The lowest BCUT2D eigenvalue weighted by Gasteiger charge is -2.10. The molecule has 2 heterocycles. The molecule has 0 radical (unpaired) electrons. The molecule has 5 rings (SSSR count). The van der Waals surface area contributed by atoms with Gasteiger partial charge in [0.2, 0.25) is 5.82 Å². The van der Waals surface area contributed by atoms with E-state index in [2.05, 4.69) is 31.2 Å². The zero-order valence-electron chi connectivity index (χ0n) is 16.3. The van der Waals surface area contributed by atoms with Crippen molar-refractivity contribution < 1.29 is 4.52 Å². The van der Waals surface area contributed by atoms with Crippen molar-refractivity contribution in [1.29, 1.82) is 0 Å². The van der Waals surface area contributed by atoms with E-state index >= 15 is 0 Å². The Labute approximate surface area is 190 Å². The molecule has 152 valence electrons. The smallest absolute Gasteiger partial charge is 0.279 e. The van der Waals surface area contributed by atoms with Gasteiger partial charge in [0.1, 0.15) is 0 Å². The van der Waals surface area contributed by atoms with E-state index in [1.54, 1.807) is 17.8 Å². The molecule has 2 aromatic heterocycles. The normalized spacial score (nSPS) is 11.2. The number of nitrogens with zero attached hydrogens (tertiary/aromatic N) is 4. The van der Waals surface area contributed by atoms with Crippen LogP contribution in [0.4, 0.5) is 0 Å². The first-order valence-electron chi connectivity index (χ1n) is 9.40. The van der Waals surface area contributed by atoms with Gasteiger partial charge in [0.15, 0.2) is 5.69 Å². The van der Waals surface area contributed by atoms with Gasteiger partial charge in [0.25, 0.3) is 11.4 Å². The van der Waals surface area contributed by atoms with Gasteiger partial charge in [-0.1, -0.05) is 57.5 Å². The van der Waals surface area contributed by atoms with E-state index in [4.69, 9.17) is 4.52 Å². The molecule has 0 aliphatic carbocycles. The van der Waals surface area contributed by atoms with E-state index in [0.29, 0.717) is 28.0 Å². The van der Waals surface area contributed by atoms with Gasteiger partial charge in [-0.3, -0.25) is 4.79 Å². The molecular formula is C23H15BrN4O2S. The first kappa shape index (κ1) is 19.7. The lowest BCUT2D eigenvalue weighted by molar-refractivity contribution is 0.430. The molecule has 0 atom stereocenters. The lowest BCUT2D eigenvalue weighted by atomic mass is 10.1. The number of hydrogen-bond donors (Lipinski definition) is 0. The van der Waals surface area contributed by atoms with Gasteiger partial charge in [-0.2, -0.15) is 14.8 Å². The van der Waals surface area contributed by atoms with Gasteiger partial charge in [-0.05, 0) is 42.7 Å². The molecule has 0 spiro atoms. The van der Waals surface area contributed by atoms with Crippen LogP contribution in [0, 0.1) is 0 Å². The molecule has 0 unspecified atom stereocenters. The molecule has 0 bridgehead atoms. The van der Waals surface area contributed by atoms with Crippen LogP contribution in [0.1, 0.15) is 0 Å². The molecule has 0 fully saturated rings. The van der Waals surface area contributed by atoms with E-state index in [1.165, 1.54) is 4.68 Å². The highest BCUT2D eigenvalue weighted by atomic mass is 79.9. The van der Waals surface area contributed by atoms with E-state index < -0.39 is 0 Å². The molecule has 0 aliphatic rings. The molecule has 5 aromatic rings.